The number of methoxy groups -OCH3 is 2. The van der Waals surface area contributed by atoms with Crippen molar-refractivity contribution >= 4 is 29.7 Å². The number of hydrogen-bond acceptors (Lipinski definition) is 7. The van der Waals surface area contributed by atoms with Gasteiger partial charge >= 0.3 is 17.8 Å². The van der Waals surface area contributed by atoms with Crippen LogP contribution in [-0.4, -0.2) is 38.2 Å². The molecule has 9 nitrogen and oxygen atoms in total. The van der Waals surface area contributed by atoms with Crippen LogP contribution in [0.1, 0.15) is 15.9 Å². The van der Waals surface area contributed by atoms with Crippen molar-refractivity contribution in [2.24, 2.45) is 5.10 Å². The lowest BCUT2D eigenvalue weighted by Gasteiger charge is -2.08. The third-order valence-corrected chi connectivity index (χ3v) is 4.34. The van der Waals surface area contributed by atoms with Gasteiger partial charge in [0.1, 0.15) is 17.2 Å². The highest BCUT2D eigenvalue weighted by Gasteiger charge is 2.15. The number of nitrogens with one attached hydrogen (secondary N) is 2. The van der Waals surface area contributed by atoms with Crippen molar-refractivity contribution in [1.29, 1.82) is 0 Å². The minimum Gasteiger partial charge on any atom is -0.497 e. The molecule has 0 aliphatic carbocycles. The quantitative estimate of drug-likeness (QED) is 0.189. The summed E-state index contributed by atoms with van der Waals surface area (Å²) in [6.45, 7) is 0. The average molecular weight is 447 g/mol. The Bertz CT molecular complexity index is 1170. The largest absolute Gasteiger partial charge is 0.497 e. The maximum atomic E-state index is 12.3. The molecule has 0 heterocycles. The molecular formula is C24H21N3O6. The summed E-state index contributed by atoms with van der Waals surface area (Å²) in [5.41, 5.74) is 3.41. The molecule has 168 valence electrons. The van der Waals surface area contributed by atoms with Crippen LogP contribution in [0.4, 0.5) is 5.69 Å². The lowest BCUT2D eigenvalue weighted by atomic mass is 10.2. The molecule has 0 saturated carbocycles. The van der Waals surface area contributed by atoms with Gasteiger partial charge in [-0.25, -0.2) is 10.2 Å². The summed E-state index contributed by atoms with van der Waals surface area (Å²) in [4.78, 5) is 36.3. The van der Waals surface area contributed by atoms with Crippen molar-refractivity contribution in [2.45, 2.75) is 0 Å². The number of benzene rings is 3. The lowest BCUT2D eigenvalue weighted by molar-refractivity contribution is -0.136. The van der Waals surface area contributed by atoms with Gasteiger partial charge in [-0.2, -0.15) is 5.10 Å². The van der Waals surface area contributed by atoms with Crippen LogP contribution in [0.3, 0.4) is 0 Å². The first-order valence-electron chi connectivity index (χ1n) is 9.74. The lowest BCUT2D eigenvalue weighted by Crippen LogP contribution is -2.32. The minimum absolute atomic E-state index is 0.292. The summed E-state index contributed by atoms with van der Waals surface area (Å²) >= 11 is 0. The van der Waals surface area contributed by atoms with E-state index in [1.807, 2.05) is 0 Å². The Labute approximate surface area is 190 Å². The highest BCUT2D eigenvalue weighted by atomic mass is 16.5. The molecule has 0 atom stereocenters. The van der Waals surface area contributed by atoms with Crippen LogP contribution in [0, 0.1) is 0 Å². The van der Waals surface area contributed by atoms with Gasteiger partial charge in [0.25, 0.3) is 0 Å². The molecule has 3 aromatic rings. The van der Waals surface area contributed by atoms with Gasteiger partial charge < -0.3 is 19.5 Å². The Morgan fingerprint density at radius 1 is 0.818 bits per heavy atom. The summed E-state index contributed by atoms with van der Waals surface area (Å²) in [7, 11) is 2.99. The number of carbonyl (C=O) groups excluding carboxylic acids is 3. The van der Waals surface area contributed by atoms with Crippen LogP contribution < -0.4 is 25.0 Å². The van der Waals surface area contributed by atoms with E-state index in [0.717, 1.165) is 0 Å². The van der Waals surface area contributed by atoms with Gasteiger partial charge in [0.05, 0.1) is 31.7 Å². The molecule has 0 aliphatic heterocycles. The van der Waals surface area contributed by atoms with Crippen molar-refractivity contribution in [3.8, 4) is 17.2 Å². The topological polar surface area (TPSA) is 115 Å². The number of amides is 2. The summed E-state index contributed by atoms with van der Waals surface area (Å²) < 4.78 is 15.6. The molecular weight excluding hydrogens is 426 g/mol. The molecule has 33 heavy (non-hydrogen) atoms. The molecule has 0 saturated heterocycles. The first kappa shape index (κ1) is 23.0. The maximum absolute atomic E-state index is 12.3. The van der Waals surface area contributed by atoms with Gasteiger partial charge in [-0.05, 0) is 54.1 Å². The predicted octanol–water partition coefficient (Wildman–Crippen LogP) is 3.01. The van der Waals surface area contributed by atoms with E-state index in [1.54, 1.807) is 72.8 Å². The Balaban J connectivity index is 1.56. The van der Waals surface area contributed by atoms with Crippen molar-refractivity contribution in [1.82, 2.24) is 5.43 Å². The van der Waals surface area contributed by atoms with Crippen LogP contribution in [0.5, 0.6) is 17.2 Å². The number of rotatable bonds is 7. The number of esters is 1. The van der Waals surface area contributed by atoms with E-state index in [1.165, 1.54) is 20.4 Å². The molecule has 0 aromatic heterocycles. The monoisotopic (exact) mass is 447 g/mol. The van der Waals surface area contributed by atoms with E-state index in [4.69, 9.17) is 14.2 Å². The molecule has 0 radical (unpaired) electrons. The smallest absolute Gasteiger partial charge is 0.343 e. The third-order valence-electron chi connectivity index (χ3n) is 4.34. The molecule has 0 fully saturated rings. The van der Waals surface area contributed by atoms with Gasteiger partial charge in [0.2, 0.25) is 0 Å². The van der Waals surface area contributed by atoms with Crippen LogP contribution in [0.15, 0.2) is 77.9 Å². The zero-order chi connectivity index (χ0) is 23.6. The molecule has 0 aliphatic rings. The Kier molecular flexibility index (Phi) is 7.74. The number of hydrogen-bond donors (Lipinski definition) is 2. The SMILES string of the molecule is COc1ccc(C(=O)Oc2cccc(/C=N\NC(=O)C(=O)Nc3ccccc3OC)c2)cc1. The third kappa shape index (κ3) is 6.41. The van der Waals surface area contributed by atoms with Crippen molar-refractivity contribution in [3.05, 3.63) is 83.9 Å². The van der Waals surface area contributed by atoms with E-state index in [9.17, 15) is 14.4 Å². The molecule has 9 heteroatoms. The van der Waals surface area contributed by atoms with E-state index < -0.39 is 17.8 Å². The molecule has 3 rings (SSSR count). The molecule has 2 N–H and O–H groups in total. The van der Waals surface area contributed by atoms with Gasteiger partial charge in [-0.15, -0.1) is 0 Å². The molecule has 0 bridgehead atoms. The van der Waals surface area contributed by atoms with Crippen LogP contribution in [0.2, 0.25) is 0 Å². The van der Waals surface area contributed by atoms with Gasteiger partial charge in [-0.3, -0.25) is 9.59 Å². The van der Waals surface area contributed by atoms with Gasteiger partial charge in [0, 0.05) is 0 Å². The van der Waals surface area contributed by atoms with Crippen LogP contribution in [-0.2, 0) is 9.59 Å². The van der Waals surface area contributed by atoms with Gasteiger partial charge in [-0.1, -0.05) is 24.3 Å². The number of para-hydroxylation sites is 2. The standard InChI is InChI=1S/C24H21N3O6/c1-31-18-12-10-17(11-13-18)24(30)33-19-7-5-6-16(14-19)15-25-27-23(29)22(28)26-20-8-3-4-9-21(20)32-2/h3-15H,1-2H3,(H,26,28)(H,27,29)/b25-15-. The average Bonchev–Trinajstić information content (AvgIpc) is 2.84. The van der Waals surface area contributed by atoms with E-state index in [2.05, 4.69) is 15.8 Å². The van der Waals surface area contributed by atoms with Crippen molar-refractivity contribution in [3.63, 3.8) is 0 Å². The minimum atomic E-state index is -0.959. The number of hydrazone groups is 1. The second-order valence-corrected chi connectivity index (χ2v) is 6.54. The Morgan fingerprint density at radius 2 is 1.58 bits per heavy atom. The summed E-state index contributed by atoms with van der Waals surface area (Å²) in [5, 5.41) is 6.22. The molecule has 0 spiro atoms. The summed E-state index contributed by atoms with van der Waals surface area (Å²) in [6.07, 6.45) is 1.32. The Morgan fingerprint density at radius 3 is 2.30 bits per heavy atom. The zero-order valence-electron chi connectivity index (χ0n) is 17.9. The van der Waals surface area contributed by atoms with Crippen LogP contribution in [0.25, 0.3) is 0 Å². The number of carbonyl (C=O) groups is 3. The first-order chi connectivity index (χ1) is 16.0. The summed E-state index contributed by atoms with van der Waals surface area (Å²) in [6, 6.07) is 19.7. The first-order valence-corrected chi connectivity index (χ1v) is 9.74. The van der Waals surface area contributed by atoms with Crippen molar-refractivity contribution < 1.29 is 28.6 Å². The molecule has 0 unspecified atom stereocenters. The zero-order valence-corrected chi connectivity index (χ0v) is 17.9. The van der Waals surface area contributed by atoms with E-state index >= 15 is 0 Å². The number of ether oxygens (including phenoxy) is 3. The molecule has 2 amide bonds. The number of anilines is 1. The second kappa shape index (κ2) is 11.1. The highest BCUT2D eigenvalue weighted by Crippen LogP contribution is 2.22. The fraction of sp³-hybridized carbons (Fsp3) is 0.0833. The predicted molar refractivity (Wildman–Crippen MR) is 122 cm³/mol. The van der Waals surface area contributed by atoms with E-state index in [0.29, 0.717) is 34.1 Å². The normalized spacial score (nSPS) is 10.4. The van der Waals surface area contributed by atoms with E-state index in [-0.39, 0.29) is 0 Å². The summed E-state index contributed by atoms with van der Waals surface area (Å²) in [5.74, 6) is -1.06. The van der Waals surface area contributed by atoms with Crippen LogP contribution >= 0.6 is 0 Å². The highest BCUT2D eigenvalue weighted by molar-refractivity contribution is 6.39. The fourth-order valence-electron chi connectivity index (χ4n) is 2.69. The van der Waals surface area contributed by atoms with Gasteiger partial charge in [0.15, 0.2) is 0 Å². The number of nitrogens with zero attached hydrogens (tertiary/aromatic N) is 1. The fourth-order valence-corrected chi connectivity index (χ4v) is 2.69. The van der Waals surface area contributed by atoms with Crippen molar-refractivity contribution in [2.75, 3.05) is 19.5 Å². The second-order valence-electron chi connectivity index (χ2n) is 6.54. The molecule has 3 aromatic carbocycles. The maximum Gasteiger partial charge on any atom is 0.343 e. The Hall–Kier alpha value is -4.66.